The number of sulfone groups is 1. The van der Waals surface area contributed by atoms with Crippen molar-refractivity contribution in [2.45, 2.75) is 32.1 Å². The van der Waals surface area contributed by atoms with Crippen LogP contribution in [0.4, 0.5) is 9.52 Å². The number of hydrogen-bond acceptors (Lipinski definition) is 6. The lowest BCUT2D eigenvalue weighted by Crippen LogP contribution is -2.39. The van der Waals surface area contributed by atoms with Crippen molar-refractivity contribution in [2.24, 2.45) is 0 Å². The fourth-order valence-corrected chi connectivity index (χ4v) is 6.18. The Morgan fingerprint density at radius 1 is 1.12 bits per heavy atom. The lowest BCUT2D eigenvalue weighted by atomic mass is 10.2. The standard InChI is InChI=1S/C23H27ClFN3O3S2/c1-4-27(5-2)11-12-28(23-26-22-16(3)14-17(24)15-20(22)32-23)21(29)10-13-33(30,31)19-8-6-18(25)7-9-19/h6-9,14-15H,4-5,10-13H2,1-3H3. The Balaban J connectivity index is 1.85. The number of fused-ring (bicyclic) bond motifs is 1. The van der Waals surface area contributed by atoms with E-state index in [1.807, 2.05) is 32.9 Å². The van der Waals surface area contributed by atoms with E-state index in [-0.39, 0.29) is 23.0 Å². The van der Waals surface area contributed by atoms with Crippen molar-refractivity contribution < 1.29 is 17.6 Å². The molecular formula is C23H27ClFN3O3S2. The number of aryl methyl sites for hydroxylation is 1. The molecule has 6 nitrogen and oxygen atoms in total. The van der Waals surface area contributed by atoms with Gasteiger partial charge in [0, 0.05) is 24.5 Å². The predicted octanol–water partition coefficient (Wildman–Crippen LogP) is 4.94. The number of anilines is 1. The van der Waals surface area contributed by atoms with Crippen LogP contribution >= 0.6 is 22.9 Å². The van der Waals surface area contributed by atoms with E-state index in [1.165, 1.54) is 23.5 Å². The molecule has 178 valence electrons. The van der Waals surface area contributed by atoms with E-state index in [2.05, 4.69) is 9.88 Å². The van der Waals surface area contributed by atoms with Crippen molar-refractivity contribution in [2.75, 3.05) is 36.8 Å². The molecule has 0 fully saturated rings. The van der Waals surface area contributed by atoms with Crippen LogP contribution in [0.3, 0.4) is 0 Å². The molecule has 0 aliphatic carbocycles. The van der Waals surface area contributed by atoms with E-state index >= 15 is 0 Å². The fourth-order valence-electron chi connectivity index (χ4n) is 3.48. The molecular weight excluding hydrogens is 485 g/mol. The lowest BCUT2D eigenvalue weighted by molar-refractivity contribution is -0.118. The van der Waals surface area contributed by atoms with Crippen LogP contribution in [0, 0.1) is 12.7 Å². The van der Waals surface area contributed by atoms with Gasteiger partial charge in [0.2, 0.25) is 5.91 Å². The van der Waals surface area contributed by atoms with E-state index in [1.54, 1.807) is 4.90 Å². The average molecular weight is 512 g/mol. The molecule has 0 saturated heterocycles. The molecule has 0 N–H and O–H groups in total. The van der Waals surface area contributed by atoms with Crippen LogP contribution in [0.25, 0.3) is 10.2 Å². The van der Waals surface area contributed by atoms with Gasteiger partial charge in [-0.1, -0.05) is 36.8 Å². The highest BCUT2D eigenvalue weighted by Crippen LogP contribution is 2.33. The topological polar surface area (TPSA) is 70.6 Å². The summed E-state index contributed by atoms with van der Waals surface area (Å²) < 4.78 is 39.3. The van der Waals surface area contributed by atoms with Crippen molar-refractivity contribution >= 4 is 54.0 Å². The van der Waals surface area contributed by atoms with Crippen LogP contribution in [0.5, 0.6) is 0 Å². The molecule has 1 heterocycles. The fraction of sp³-hybridized carbons (Fsp3) is 0.391. The monoisotopic (exact) mass is 511 g/mol. The highest BCUT2D eigenvalue weighted by molar-refractivity contribution is 7.91. The minimum Gasteiger partial charge on any atom is -0.302 e. The first-order chi connectivity index (χ1) is 15.6. The van der Waals surface area contributed by atoms with Gasteiger partial charge in [-0.3, -0.25) is 9.69 Å². The first-order valence-electron chi connectivity index (χ1n) is 10.7. The Morgan fingerprint density at radius 3 is 2.42 bits per heavy atom. The summed E-state index contributed by atoms with van der Waals surface area (Å²) in [4.78, 5) is 21.6. The molecule has 0 saturated carbocycles. The minimum absolute atomic E-state index is 0.00311. The zero-order valence-electron chi connectivity index (χ0n) is 18.8. The molecule has 3 aromatic rings. The van der Waals surface area contributed by atoms with Crippen LogP contribution in [0.15, 0.2) is 41.3 Å². The van der Waals surface area contributed by atoms with Crippen molar-refractivity contribution in [1.29, 1.82) is 0 Å². The summed E-state index contributed by atoms with van der Waals surface area (Å²) in [6, 6.07) is 8.27. The minimum atomic E-state index is -3.72. The van der Waals surface area contributed by atoms with Crippen molar-refractivity contribution in [3.8, 4) is 0 Å². The van der Waals surface area contributed by atoms with Gasteiger partial charge in [0.1, 0.15) is 5.82 Å². The predicted molar refractivity (Wildman–Crippen MR) is 133 cm³/mol. The van der Waals surface area contributed by atoms with Crippen molar-refractivity contribution in [1.82, 2.24) is 9.88 Å². The first kappa shape index (κ1) is 25.6. The van der Waals surface area contributed by atoms with E-state index in [4.69, 9.17) is 11.6 Å². The van der Waals surface area contributed by atoms with Crippen LogP contribution < -0.4 is 4.90 Å². The molecule has 0 aliphatic rings. The summed E-state index contributed by atoms with van der Waals surface area (Å²) in [6.07, 6.45) is -0.201. The van der Waals surface area contributed by atoms with Crippen LogP contribution in [-0.4, -0.2) is 56.1 Å². The van der Waals surface area contributed by atoms with Gasteiger partial charge in [0.25, 0.3) is 0 Å². The highest BCUT2D eigenvalue weighted by atomic mass is 35.5. The summed E-state index contributed by atoms with van der Waals surface area (Å²) in [6.45, 7) is 8.72. The number of rotatable bonds is 10. The summed E-state index contributed by atoms with van der Waals surface area (Å²) >= 11 is 7.55. The lowest BCUT2D eigenvalue weighted by Gasteiger charge is -2.24. The summed E-state index contributed by atoms with van der Waals surface area (Å²) in [5.74, 6) is -1.20. The van der Waals surface area contributed by atoms with E-state index in [0.717, 1.165) is 41.0 Å². The second kappa shape index (κ2) is 10.9. The second-order valence-electron chi connectivity index (χ2n) is 7.66. The van der Waals surface area contributed by atoms with E-state index in [9.17, 15) is 17.6 Å². The number of carbonyl (C=O) groups is 1. The molecule has 0 radical (unpaired) electrons. The number of halogens is 2. The largest absolute Gasteiger partial charge is 0.302 e. The van der Waals surface area contributed by atoms with Crippen LogP contribution in [-0.2, 0) is 14.6 Å². The number of benzene rings is 2. The summed E-state index contributed by atoms with van der Waals surface area (Å²) in [7, 11) is -3.72. The molecule has 0 spiro atoms. The van der Waals surface area contributed by atoms with Gasteiger partial charge >= 0.3 is 0 Å². The summed E-state index contributed by atoms with van der Waals surface area (Å²) in [5, 5.41) is 1.12. The van der Waals surface area contributed by atoms with Gasteiger partial charge < -0.3 is 4.90 Å². The maximum atomic E-state index is 13.2. The number of nitrogens with zero attached hydrogens (tertiary/aromatic N) is 3. The number of thiazole rings is 1. The Kier molecular flexibility index (Phi) is 8.44. The summed E-state index contributed by atoms with van der Waals surface area (Å²) in [5.41, 5.74) is 1.69. The maximum Gasteiger partial charge on any atom is 0.229 e. The van der Waals surface area contributed by atoms with E-state index in [0.29, 0.717) is 23.2 Å². The molecule has 33 heavy (non-hydrogen) atoms. The first-order valence-corrected chi connectivity index (χ1v) is 13.6. The second-order valence-corrected chi connectivity index (χ2v) is 11.2. The van der Waals surface area contributed by atoms with Crippen LogP contribution in [0.2, 0.25) is 5.02 Å². The van der Waals surface area contributed by atoms with Crippen molar-refractivity contribution in [3.05, 3.63) is 52.8 Å². The Bertz CT molecular complexity index is 1230. The smallest absolute Gasteiger partial charge is 0.229 e. The Hall–Kier alpha value is -2.07. The quantitative estimate of drug-likeness (QED) is 0.361. The number of likely N-dealkylation sites (N-methyl/N-ethyl adjacent to an activating group) is 1. The molecule has 1 amide bonds. The molecule has 0 unspecified atom stereocenters. The van der Waals surface area contributed by atoms with Gasteiger partial charge in [-0.05, 0) is 62.0 Å². The number of carbonyl (C=O) groups excluding carboxylic acids is 1. The van der Waals surface area contributed by atoms with Gasteiger partial charge in [-0.15, -0.1) is 0 Å². The van der Waals surface area contributed by atoms with Gasteiger partial charge in [0.15, 0.2) is 15.0 Å². The third-order valence-corrected chi connectivity index (χ3v) is 8.44. The Labute approximate surface area is 202 Å². The SMILES string of the molecule is CCN(CC)CCN(C(=O)CCS(=O)(=O)c1ccc(F)cc1)c1nc2c(C)cc(Cl)cc2s1. The highest BCUT2D eigenvalue weighted by Gasteiger charge is 2.24. The molecule has 1 aromatic heterocycles. The average Bonchev–Trinajstić information content (AvgIpc) is 3.19. The van der Waals surface area contributed by atoms with Crippen LogP contribution in [0.1, 0.15) is 25.8 Å². The third-order valence-electron chi connectivity index (χ3n) is 5.46. The molecule has 2 aromatic carbocycles. The molecule has 3 rings (SSSR count). The van der Waals surface area contributed by atoms with Crippen molar-refractivity contribution in [3.63, 3.8) is 0 Å². The molecule has 0 aliphatic heterocycles. The van der Waals surface area contributed by atoms with Gasteiger partial charge in [0.05, 0.1) is 20.9 Å². The normalized spacial score (nSPS) is 11.9. The Morgan fingerprint density at radius 2 is 1.79 bits per heavy atom. The number of amides is 1. The maximum absolute atomic E-state index is 13.2. The zero-order chi connectivity index (χ0) is 24.2. The zero-order valence-corrected chi connectivity index (χ0v) is 21.2. The molecule has 0 atom stereocenters. The van der Waals surface area contributed by atoms with E-state index < -0.39 is 15.7 Å². The third kappa shape index (κ3) is 6.29. The number of aromatic nitrogens is 1. The van der Waals surface area contributed by atoms with Gasteiger partial charge in [-0.25, -0.2) is 17.8 Å². The molecule has 0 bridgehead atoms. The van der Waals surface area contributed by atoms with Gasteiger partial charge in [-0.2, -0.15) is 0 Å². The number of hydrogen-bond donors (Lipinski definition) is 0. The molecule has 10 heteroatoms.